The van der Waals surface area contributed by atoms with Crippen molar-refractivity contribution in [3.8, 4) is 0 Å². The summed E-state index contributed by atoms with van der Waals surface area (Å²) in [5.41, 5.74) is 3.65. The second-order valence-corrected chi connectivity index (χ2v) is 8.80. The van der Waals surface area contributed by atoms with E-state index in [4.69, 9.17) is 5.10 Å². The Hall–Kier alpha value is -1.92. The van der Waals surface area contributed by atoms with Crippen molar-refractivity contribution >= 4 is 33.9 Å². The van der Waals surface area contributed by atoms with Crippen LogP contribution >= 0.6 is 27.7 Å². The van der Waals surface area contributed by atoms with Gasteiger partial charge >= 0.3 is 0 Å². The molecular weight excluding hydrogens is 432 g/mol. The molecule has 0 spiro atoms. The summed E-state index contributed by atoms with van der Waals surface area (Å²) in [6.45, 7) is 6.54. The molecule has 3 aromatic rings. The summed E-state index contributed by atoms with van der Waals surface area (Å²) in [5, 5.41) is 14.2. The molecule has 0 saturated heterocycles. The second-order valence-electron chi connectivity index (χ2n) is 6.94. The molecule has 0 radical (unpaired) electrons. The van der Waals surface area contributed by atoms with Gasteiger partial charge < -0.3 is 0 Å². The first-order valence-electron chi connectivity index (χ1n) is 9.52. The van der Waals surface area contributed by atoms with Crippen LogP contribution in [0.5, 0.6) is 0 Å². The van der Waals surface area contributed by atoms with Crippen LogP contribution in [0.4, 0.5) is 0 Å². The zero-order valence-electron chi connectivity index (χ0n) is 16.5. The predicted molar refractivity (Wildman–Crippen MR) is 121 cm³/mol. The van der Waals surface area contributed by atoms with Gasteiger partial charge in [0.2, 0.25) is 5.16 Å². The smallest absolute Gasteiger partial charge is 0.191 e. The molecule has 1 aromatic heterocycles. The van der Waals surface area contributed by atoms with Gasteiger partial charge in [-0.1, -0.05) is 84.9 Å². The molecule has 0 aliphatic rings. The van der Waals surface area contributed by atoms with Gasteiger partial charge in [-0.05, 0) is 41.2 Å². The van der Waals surface area contributed by atoms with Crippen LogP contribution in [0.2, 0.25) is 0 Å². The van der Waals surface area contributed by atoms with E-state index in [2.05, 4.69) is 95.4 Å². The van der Waals surface area contributed by atoms with Gasteiger partial charge in [-0.15, -0.1) is 10.2 Å². The van der Waals surface area contributed by atoms with Gasteiger partial charge in [0, 0.05) is 16.6 Å². The lowest BCUT2D eigenvalue weighted by Crippen LogP contribution is -2.00. The first-order valence-corrected chi connectivity index (χ1v) is 11.3. The summed E-state index contributed by atoms with van der Waals surface area (Å²) in [6.07, 6.45) is 3.75. The van der Waals surface area contributed by atoms with E-state index >= 15 is 0 Å². The normalized spacial score (nSPS) is 11.6. The molecule has 0 atom stereocenters. The van der Waals surface area contributed by atoms with Gasteiger partial charge in [0.25, 0.3) is 0 Å². The number of rotatable bonds is 8. The maximum absolute atomic E-state index is 4.69. The van der Waals surface area contributed by atoms with Crippen molar-refractivity contribution in [1.29, 1.82) is 0 Å². The Bertz CT molecular complexity index is 915. The summed E-state index contributed by atoms with van der Waals surface area (Å²) in [6, 6.07) is 16.9. The number of aromatic nitrogens is 3. The van der Waals surface area contributed by atoms with E-state index in [0.717, 1.165) is 39.6 Å². The number of hydrogen-bond donors (Lipinski definition) is 0. The van der Waals surface area contributed by atoms with Crippen molar-refractivity contribution in [3.05, 3.63) is 75.5 Å². The van der Waals surface area contributed by atoms with Crippen LogP contribution < -0.4 is 0 Å². The summed E-state index contributed by atoms with van der Waals surface area (Å²) in [5.74, 6) is 2.26. The van der Waals surface area contributed by atoms with E-state index in [1.165, 1.54) is 11.1 Å². The fourth-order valence-corrected chi connectivity index (χ4v) is 3.83. The number of aryl methyl sites for hydroxylation is 1. The number of nitrogens with zero attached hydrogens (tertiary/aromatic N) is 4. The van der Waals surface area contributed by atoms with Crippen molar-refractivity contribution in [2.24, 2.45) is 5.10 Å². The molecule has 3 rings (SSSR count). The quantitative estimate of drug-likeness (QED) is 0.295. The van der Waals surface area contributed by atoms with Crippen molar-refractivity contribution < 1.29 is 0 Å². The van der Waals surface area contributed by atoms with Crippen LogP contribution in [0.15, 0.2) is 63.3 Å². The average Bonchev–Trinajstić information content (AvgIpc) is 3.08. The SMILES string of the molecule is CCCc1nnc(SCc2ccc(Br)cc2)n1/N=C/c1ccc(C(C)C)cc1. The second kappa shape index (κ2) is 10.0. The Labute approximate surface area is 179 Å². The Morgan fingerprint density at radius 2 is 1.79 bits per heavy atom. The van der Waals surface area contributed by atoms with E-state index in [1.807, 2.05) is 10.9 Å². The highest BCUT2D eigenvalue weighted by Gasteiger charge is 2.11. The van der Waals surface area contributed by atoms with Gasteiger partial charge in [-0.25, -0.2) is 0 Å². The summed E-state index contributed by atoms with van der Waals surface area (Å²) >= 11 is 5.13. The highest BCUT2D eigenvalue weighted by Crippen LogP contribution is 2.23. The molecule has 0 fully saturated rings. The molecule has 28 heavy (non-hydrogen) atoms. The lowest BCUT2D eigenvalue weighted by Gasteiger charge is -2.06. The third kappa shape index (κ3) is 5.55. The number of thioether (sulfide) groups is 1. The molecule has 0 N–H and O–H groups in total. The van der Waals surface area contributed by atoms with E-state index < -0.39 is 0 Å². The maximum Gasteiger partial charge on any atom is 0.212 e. The highest BCUT2D eigenvalue weighted by molar-refractivity contribution is 9.10. The van der Waals surface area contributed by atoms with Crippen molar-refractivity contribution in [2.45, 2.75) is 50.4 Å². The zero-order valence-corrected chi connectivity index (χ0v) is 18.9. The Balaban J connectivity index is 1.77. The molecule has 6 heteroatoms. The number of hydrogen-bond acceptors (Lipinski definition) is 4. The minimum Gasteiger partial charge on any atom is -0.191 e. The molecule has 1 heterocycles. The molecule has 0 amide bonds. The lowest BCUT2D eigenvalue weighted by atomic mass is 10.0. The summed E-state index contributed by atoms with van der Waals surface area (Å²) < 4.78 is 2.96. The molecule has 4 nitrogen and oxygen atoms in total. The summed E-state index contributed by atoms with van der Waals surface area (Å²) in [4.78, 5) is 0. The van der Waals surface area contributed by atoms with Gasteiger partial charge in [0.15, 0.2) is 5.82 Å². The first-order chi connectivity index (χ1) is 13.6. The molecule has 146 valence electrons. The topological polar surface area (TPSA) is 43.1 Å². The standard InChI is InChI=1S/C22H25BrN4S/c1-4-5-21-25-26-22(28-15-18-8-12-20(23)13-9-18)27(21)24-14-17-6-10-19(11-7-17)16(2)3/h6-14,16H,4-5,15H2,1-3H3/b24-14+. The predicted octanol–water partition coefficient (Wildman–Crippen LogP) is 6.29. The maximum atomic E-state index is 4.69. The van der Waals surface area contributed by atoms with E-state index in [1.54, 1.807) is 11.8 Å². The highest BCUT2D eigenvalue weighted by atomic mass is 79.9. The van der Waals surface area contributed by atoms with Crippen LogP contribution in [0, 0.1) is 0 Å². The average molecular weight is 457 g/mol. The molecular formula is C22H25BrN4S. The Morgan fingerprint density at radius 3 is 2.43 bits per heavy atom. The Kier molecular flexibility index (Phi) is 7.45. The van der Waals surface area contributed by atoms with Crippen LogP contribution in [-0.4, -0.2) is 21.1 Å². The first kappa shape index (κ1) is 20.8. The molecule has 0 saturated carbocycles. The van der Waals surface area contributed by atoms with Gasteiger partial charge in [0.05, 0.1) is 6.21 Å². The number of benzene rings is 2. The van der Waals surface area contributed by atoms with Crippen molar-refractivity contribution in [1.82, 2.24) is 14.9 Å². The van der Waals surface area contributed by atoms with E-state index in [0.29, 0.717) is 5.92 Å². The molecule has 0 aliphatic heterocycles. The van der Waals surface area contributed by atoms with Gasteiger partial charge in [-0.3, -0.25) is 0 Å². The molecule has 2 aromatic carbocycles. The third-order valence-electron chi connectivity index (χ3n) is 4.36. The van der Waals surface area contributed by atoms with Gasteiger partial charge in [-0.2, -0.15) is 9.78 Å². The Morgan fingerprint density at radius 1 is 1.07 bits per heavy atom. The minimum absolute atomic E-state index is 0.529. The van der Waals surface area contributed by atoms with Crippen LogP contribution in [0.1, 0.15) is 55.6 Å². The summed E-state index contributed by atoms with van der Waals surface area (Å²) in [7, 11) is 0. The van der Waals surface area contributed by atoms with E-state index in [9.17, 15) is 0 Å². The molecule has 0 aliphatic carbocycles. The van der Waals surface area contributed by atoms with Crippen molar-refractivity contribution in [2.75, 3.05) is 0 Å². The zero-order chi connectivity index (χ0) is 19.9. The van der Waals surface area contributed by atoms with Crippen molar-refractivity contribution in [3.63, 3.8) is 0 Å². The van der Waals surface area contributed by atoms with E-state index in [-0.39, 0.29) is 0 Å². The lowest BCUT2D eigenvalue weighted by molar-refractivity contribution is 0.700. The third-order valence-corrected chi connectivity index (χ3v) is 5.88. The molecule has 0 unspecified atom stereocenters. The molecule has 0 bridgehead atoms. The van der Waals surface area contributed by atoms with Crippen LogP contribution in [0.3, 0.4) is 0 Å². The van der Waals surface area contributed by atoms with Crippen LogP contribution in [-0.2, 0) is 12.2 Å². The van der Waals surface area contributed by atoms with Crippen LogP contribution in [0.25, 0.3) is 0 Å². The minimum atomic E-state index is 0.529. The number of halogens is 1. The largest absolute Gasteiger partial charge is 0.212 e. The monoisotopic (exact) mass is 456 g/mol. The fourth-order valence-electron chi connectivity index (χ4n) is 2.70. The fraction of sp³-hybridized carbons (Fsp3) is 0.318. The van der Waals surface area contributed by atoms with Gasteiger partial charge in [0.1, 0.15) is 0 Å².